The van der Waals surface area contributed by atoms with Gasteiger partial charge >= 0.3 is 0 Å². The van der Waals surface area contributed by atoms with Crippen LogP contribution in [0.5, 0.6) is 0 Å². The molecule has 0 bridgehead atoms. The van der Waals surface area contributed by atoms with Crippen molar-refractivity contribution < 1.29 is 0 Å². The van der Waals surface area contributed by atoms with Crippen molar-refractivity contribution in [2.24, 2.45) is 0 Å². The van der Waals surface area contributed by atoms with Crippen LogP contribution >= 0.6 is 0 Å². The zero-order valence-corrected chi connectivity index (χ0v) is 12.3. The third-order valence-corrected chi connectivity index (χ3v) is 4.09. The Hall–Kier alpha value is -0.900. The molecule has 19 heavy (non-hydrogen) atoms. The van der Waals surface area contributed by atoms with E-state index >= 15 is 0 Å². The maximum Gasteiger partial charge on any atom is 0.0320 e. The lowest BCUT2D eigenvalue weighted by atomic mass is 9.97. The van der Waals surface area contributed by atoms with Crippen LogP contribution in [0.15, 0.2) is 24.3 Å². The van der Waals surface area contributed by atoms with Gasteiger partial charge in [0, 0.05) is 32.2 Å². The highest BCUT2D eigenvalue weighted by Gasteiger charge is 2.13. The van der Waals surface area contributed by atoms with Crippen LogP contribution in [-0.4, -0.2) is 44.7 Å². The lowest BCUT2D eigenvalue weighted by Crippen LogP contribution is -2.43. The van der Waals surface area contributed by atoms with Crippen molar-refractivity contribution >= 4 is 0 Å². The molecule has 0 spiro atoms. The van der Waals surface area contributed by atoms with Crippen molar-refractivity contribution in [1.82, 2.24) is 15.5 Å². The molecule has 1 aliphatic heterocycles. The van der Waals surface area contributed by atoms with Crippen LogP contribution in [0.25, 0.3) is 0 Å². The summed E-state index contributed by atoms with van der Waals surface area (Å²) in [4.78, 5) is 2.57. The van der Waals surface area contributed by atoms with E-state index in [-0.39, 0.29) is 0 Å². The van der Waals surface area contributed by atoms with Crippen molar-refractivity contribution in [3.05, 3.63) is 35.4 Å². The smallest absolute Gasteiger partial charge is 0.0320 e. The molecule has 3 nitrogen and oxygen atoms in total. The van der Waals surface area contributed by atoms with E-state index in [1.54, 1.807) is 0 Å². The molecule has 1 unspecified atom stereocenters. The van der Waals surface area contributed by atoms with E-state index in [2.05, 4.69) is 53.8 Å². The molecule has 0 aliphatic carbocycles. The van der Waals surface area contributed by atoms with Gasteiger partial charge in [0.1, 0.15) is 0 Å². The van der Waals surface area contributed by atoms with E-state index in [9.17, 15) is 0 Å². The number of hydrogen-bond acceptors (Lipinski definition) is 3. The van der Waals surface area contributed by atoms with E-state index < -0.39 is 0 Å². The molecule has 0 radical (unpaired) electrons. The van der Waals surface area contributed by atoms with Gasteiger partial charge in [-0.1, -0.05) is 24.3 Å². The van der Waals surface area contributed by atoms with Gasteiger partial charge in [-0.15, -0.1) is 0 Å². The van der Waals surface area contributed by atoms with Gasteiger partial charge in [-0.2, -0.15) is 0 Å². The molecule has 0 amide bonds. The topological polar surface area (TPSA) is 27.3 Å². The van der Waals surface area contributed by atoms with E-state index in [1.807, 2.05) is 0 Å². The molecule has 3 heteroatoms. The molecule has 0 saturated carbocycles. The number of hydrogen-bond donors (Lipinski definition) is 2. The molecule has 1 aromatic rings. The second kappa shape index (κ2) is 7.63. The summed E-state index contributed by atoms with van der Waals surface area (Å²) in [5.74, 6) is 0. The summed E-state index contributed by atoms with van der Waals surface area (Å²) in [5, 5.41) is 6.87. The van der Waals surface area contributed by atoms with E-state index in [4.69, 9.17) is 0 Å². The predicted octanol–water partition coefficient (Wildman–Crippen LogP) is 1.94. The Balaban J connectivity index is 1.81. The Labute approximate surface area is 117 Å². The van der Waals surface area contributed by atoms with Crippen molar-refractivity contribution in [2.75, 3.05) is 39.8 Å². The zero-order valence-electron chi connectivity index (χ0n) is 12.3. The average Bonchev–Trinajstić information content (AvgIpc) is 2.46. The van der Waals surface area contributed by atoms with E-state index in [0.29, 0.717) is 6.04 Å². The normalized spacial score (nSPS) is 18.4. The maximum absolute atomic E-state index is 3.47. The average molecular weight is 261 g/mol. The Bertz CT molecular complexity index is 372. The second-order valence-corrected chi connectivity index (χ2v) is 5.43. The minimum Gasteiger partial charge on any atom is -0.314 e. The molecule has 1 saturated heterocycles. The van der Waals surface area contributed by atoms with Crippen LogP contribution in [0, 0.1) is 6.92 Å². The van der Waals surface area contributed by atoms with Crippen molar-refractivity contribution in [2.45, 2.75) is 25.8 Å². The number of nitrogens with zero attached hydrogens (tertiary/aromatic N) is 1. The molecule has 1 aliphatic rings. The predicted molar refractivity (Wildman–Crippen MR) is 81.5 cm³/mol. The summed E-state index contributed by atoms with van der Waals surface area (Å²) in [6.07, 6.45) is 2.48. The Morgan fingerprint density at radius 1 is 1.26 bits per heavy atom. The third-order valence-electron chi connectivity index (χ3n) is 4.09. The van der Waals surface area contributed by atoms with Crippen molar-refractivity contribution in [3.63, 3.8) is 0 Å². The van der Waals surface area contributed by atoms with Gasteiger partial charge in [0.05, 0.1) is 0 Å². The SMILES string of the molecule is CNC(CCCN1CCNCC1)c1ccccc1C. The molecule has 106 valence electrons. The molecule has 1 fully saturated rings. The molecule has 2 rings (SSSR count). The first-order chi connectivity index (χ1) is 9.31. The fourth-order valence-electron chi connectivity index (χ4n) is 2.89. The summed E-state index contributed by atoms with van der Waals surface area (Å²) in [6.45, 7) is 8.13. The zero-order chi connectivity index (χ0) is 13.5. The number of piperazine rings is 1. The first-order valence-electron chi connectivity index (χ1n) is 7.47. The monoisotopic (exact) mass is 261 g/mol. The fourth-order valence-corrected chi connectivity index (χ4v) is 2.89. The molecular weight excluding hydrogens is 234 g/mol. The molecule has 0 aromatic heterocycles. The Morgan fingerprint density at radius 3 is 2.68 bits per heavy atom. The highest BCUT2D eigenvalue weighted by atomic mass is 15.2. The lowest BCUT2D eigenvalue weighted by molar-refractivity contribution is 0.233. The number of nitrogens with one attached hydrogen (secondary N) is 2. The highest BCUT2D eigenvalue weighted by Crippen LogP contribution is 2.21. The fraction of sp³-hybridized carbons (Fsp3) is 0.625. The summed E-state index contributed by atoms with van der Waals surface area (Å²) in [7, 11) is 2.07. The Morgan fingerprint density at radius 2 is 2.00 bits per heavy atom. The van der Waals surface area contributed by atoms with Gasteiger partial charge in [-0.25, -0.2) is 0 Å². The Kier molecular flexibility index (Phi) is 5.83. The van der Waals surface area contributed by atoms with E-state index in [1.165, 1.54) is 43.6 Å². The molecular formula is C16H27N3. The first kappa shape index (κ1) is 14.5. The number of benzene rings is 1. The van der Waals surface area contributed by atoms with Crippen LogP contribution < -0.4 is 10.6 Å². The van der Waals surface area contributed by atoms with Gasteiger partial charge in [-0.3, -0.25) is 0 Å². The molecule has 1 atom stereocenters. The van der Waals surface area contributed by atoms with Crippen LogP contribution in [0.2, 0.25) is 0 Å². The summed E-state index contributed by atoms with van der Waals surface area (Å²) in [5.41, 5.74) is 2.84. The van der Waals surface area contributed by atoms with Gasteiger partial charge in [0.25, 0.3) is 0 Å². The number of aryl methyl sites for hydroxylation is 1. The van der Waals surface area contributed by atoms with Gasteiger partial charge in [0.15, 0.2) is 0 Å². The molecule has 2 N–H and O–H groups in total. The molecule has 1 heterocycles. The minimum absolute atomic E-state index is 0.490. The van der Waals surface area contributed by atoms with Gasteiger partial charge in [0.2, 0.25) is 0 Å². The standard InChI is InChI=1S/C16H27N3/c1-14-6-3-4-7-15(14)16(17-2)8-5-11-19-12-9-18-10-13-19/h3-4,6-7,16-18H,5,8-13H2,1-2H3. The quantitative estimate of drug-likeness (QED) is 0.819. The summed E-state index contributed by atoms with van der Waals surface area (Å²) in [6, 6.07) is 9.20. The van der Waals surface area contributed by atoms with Crippen LogP contribution in [-0.2, 0) is 0 Å². The van der Waals surface area contributed by atoms with Crippen molar-refractivity contribution in [3.8, 4) is 0 Å². The third kappa shape index (κ3) is 4.30. The maximum atomic E-state index is 3.47. The van der Waals surface area contributed by atoms with Gasteiger partial charge in [-0.05, 0) is 44.5 Å². The minimum atomic E-state index is 0.490. The lowest BCUT2D eigenvalue weighted by Gasteiger charge is -2.28. The first-order valence-corrected chi connectivity index (χ1v) is 7.47. The largest absolute Gasteiger partial charge is 0.314 e. The van der Waals surface area contributed by atoms with Crippen LogP contribution in [0.1, 0.15) is 30.0 Å². The van der Waals surface area contributed by atoms with Crippen LogP contribution in [0.3, 0.4) is 0 Å². The highest BCUT2D eigenvalue weighted by molar-refractivity contribution is 5.28. The second-order valence-electron chi connectivity index (χ2n) is 5.43. The number of rotatable bonds is 6. The van der Waals surface area contributed by atoms with E-state index in [0.717, 1.165) is 13.1 Å². The summed E-state index contributed by atoms with van der Waals surface area (Å²) >= 11 is 0. The van der Waals surface area contributed by atoms with Crippen molar-refractivity contribution in [1.29, 1.82) is 0 Å². The van der Waals surface area contributed by atoms with Gasteiger partial charge < -0.3 is 15.5 Å². The molecule has 1 aromatic carbocycles. The van der Waals surface area contributed by atoms with Crippen LogP contribution in [0.4, 0.5) is 0 Å². The summed E-state index contributed by atoms with van der Waals surface area (Å²) < 4.78 is 0.